The smallest absolute Gasteiger partial charge is 0.119 e. The van der Waals surface area contributed by atoms with Gasteiger partial charge in [-0.1, -0.05) is 18.2 Å². The van der Waals surface area contributed by atoms with Crippen LogP contribution in [0.4, 0.5) is 0 Å². The largest absolute Gasteiger partial charge is 0.494 e. The van der Waals surface area contributed by atoms with E-state index in [1.54, 1.807) is 0 Å². The number of benzene rings is 1. The number of rotatable bonds is 7. The van der Waals surface area contributed by atoms with Crippen LogP contribution in [0.3, 0.4) is 0 Å². The fourth-order valence-corrected chi connectivity index (χ4v) is 2.19. The minimum absolute atomic E-state index is 0.738. The van der Waals surface area contributed by atoms with Crippen molar-refractivity contribution in [3.05, 3.63) is 47.3 Å². The molecule has 0 fully saturated rings. The molecule has 0 amide bonds. The van der Waals surface area contributed by atoms with Crippen LogP contribution in [0.2, 0.25) is 0 Å². The average Bonchev–Trinajstić information content (AvgIpc) is 2.69. The molecule has 0 saturated carbocycles. The lowest BCUT2D eigenvalue weighted by Gasteiger charge is -2.07. The minimum atomic E-state index is 0.738. The molecule has 1 N–H and O–H groups in total. The molecule has 4 nitrogen and oxygen atoms in total. The molecular weight excluding hydrogens is 250 g/mol. The molecule has 1 heterocycles. The molecule has 0 radical (unpaired) electrons. The van der Waals surface area contributed by atoms with Crippen LogP contribution in [0, 0.1) is 13.8 Å². The van der Waals surface area contributed by atoms with Gasteiger partial charge >= 0.3 is 0 Å². The number of aryl methyl sites for hydroxylation is 2. The molecule has 0 aliphatic carbocycles. The second-order valence-corrected chi connectivity index (χ2v) is 4.96. The molecule has 0 unspecified atom stereocenters. The van der Waals surface area contributed by atoms with Gasteiger partial charge < -0.3 is 10.1 Å². The SMILES string of the molecule is Cc1nn(C)c(C)c1CNCCCOc1ccccc1. The van der Waals surface area contributed by atoms with E-state index < -0.39 is 0 Å². The zero-order chi connectivity index (χ0) is 14.4. The van der Waals surface area contributed by atoms with Crippen LogP contribution in [0.15, 0.2) is 30.3 Å². The normalized spacial score (nSPS) is 10.8. The third-order valence-corrected chi connectivity index (χ3v) is 3.47. The van der Waals surface area contributed by atoms with Gasteiger partial charge in [-0.15, -0.1) is 0 Å². The predicted octanol–water partition coefficient (Wildman–Crippen LogP) is 2.60. The molecule has 4 heteroatoms. The van der Waals surface area contributed by atoms with Crippen molar-refractivity contribution >= 4 is 0 Å². The third-order valence-electron chi connectivity index (χ3n) is 3.47. The van der Waals surface area contributed by atoms with Crippen LogP contribution in [-0.2, 0) is 13.6 Å². The number of ether oxygens (including phenoxy) is 1. The van der Waals surface area contributed by atoms with Gasteiger partial charge in [0.2, 0.25) is 0 Å². The van der Waals surface area contributed by atoms with Gasteiger partial charge in [0.05, 0.1) is 12.3 Å². The van der Waals surface area contributed by atoms with Gasteiger partial charge in [0.25, 0.3) is 0 Å². The molecule has 1 aromatic carbocycles. The first-order valence-corrected chi connectivity index (χ1v) is 7.06. The minimum Gasteiger partial charge on any atom is -0.494 e. The van der Waals surface area contributed by atoms with Gasteiger partial charge in [-0.2, -0.15) is 5.10 Å². The van der Waals surface area contributed by atoms with Crippen LogP contribution in [0.1, 0.15) is 23.4 Å². The highest BCUT2D eigenvalue weighted by Gasteiger charge is 2.07. The van der Waals surface area contributed by atoms with Crippen LogP contribution < -0.4 is 10.1 Å². The van der Waals surface area contributed by atoms with Gasteiger partial charge in [0, 0.05) is 24.8 Å². The maximum Gasteiger partial charge on any atom is 0.119 e. The molecule has 2 rings (SSSR count). The number of hydrogen-bond acceptors (Lipinski definition) is 3. The van der Waals surface area contributed by atoms with E-state index in [4.69, 9.17) is 4.74 Å². The van der Waals surface area contributed by atoms with E-state index in [9.17, 15) is 0 Å². The molecule has 0 aliphatic rings. The third kappa shape index (κ3) is 3.84. The summed E-state index contributed by atoms with van der Waals surface area (Å²) in [6.45, 7) is 6.72. The number of aromatic nitrogens is 2. The van der Waals surface area contributed by atoms with Gasteiger partial charge in [-0.3, -0.25) is 4.68 Å². The van der Waals surface area contributed by atoms with Crippen molar-refractivity contribution in [2.45, 2.75) is 26.8 Å². The lowest BCUT2D eigenvalue weighted by Crippen LogP contribution is -2.17. The second-order valence-electron chi connectivity index (χ2n) is 4.96. The van der Waals surface area contributed by atoms with E-state index in [1.165, 1.54) is 11.3 Å². The van der Waals surface area contributed by atoms with Crippen molar-refractivity contribution in [2.24, 2.45) is 7.05 Å². The Morgan fingerprint density at radius 3 is 2.60 bits per heavy atom. The first-order chi connectivity index (χ1) is 9.68. The highest BCUT2D eigenvalue weighted by Crippen LogP contribution is 2.11. The molecule has 0 saturated heterocycles. The first kappa shape index (κ1) is 14.6. The van der Waals surface area contributed by atoms with Crippen molar-refractivity contribution < 1.29 is 4.74 Å². The molecule has 20 heavy (non-hydrogen) atoms. The van der Waals surface area contributed by atoms with E-state index in [2.05, 4.69) is 24.3 Å². The van der Waals surface area contributed by atoms with Crippen molar-refractivity contribution in [1.82, 2.24) is 15.1 Å². The summed E-state index contributed by atoms with van der Waals surface area (Å²) in [5.41, 5.74) is 3.64. The standard InChI is InChI=1S/C16H23N3O/c1-13-16(14(2)19(3)18-13)12-17-10-7-11-20-15-8-5-4-6-9-15/h4-6,8-9,17H,7,10-12H2,1-3H3. The fourth-order valence-electron chi connectivity index (χ4n) is 2.19. The highest BCUT2D eigenvalue weighted by molar-refractivity contribution is 5.24. The molecule has 0 bridgehead atoms. The van der Waals surface area contributed by atoms with E-state index in [0.29, 0.717) is 0 Å². The molecule has 0 atom stereocenters. The zero-order valence-electron chi connectivity index (χ0n) is 12.5. The first-order valence-electron chi connectivity index (χ1n) is 7.06. The van der Waals surface area contributed by atoms with Crippen molar-refractivity contribution in [1.29, 1.82) is 0 Å². The zero-order valence-corrected chi connectivity index (χ0v) is 12.5. The Labute approximate surface area is 120 Å². The summed E-state index contributed by atoms with van der Waals surface area (Å²) in [6.07, 6.45) is 0.993. The van der Waals surface area contributed by atoms with Crippen molar-refractivity contribution in [3.8, 4) is 5.75 Å². The molecule has 0 spiro atoms. The van der Waals surface area contributed by atoms with Crippen molar-refractivity contribution in [2.75, 3.05) is 13.2 Å². The van der Waals surface area contributed by atoms with E-state index in [0.717, 1.165) is 37.6 Å². The highest BCUT2D eigenvalue weighted by atomic mass is 16.5. The molecule has 2 aromatic rings. The van der Waals surface area contributed by atoms with Gasteiger partial charge in [0.1, 0.15) is 5.75 Å². The molecule has 1 aromatic heterocycles. The second kappa shape index (κ2) is 7.10. The van der Waals surface area contributed by atoms with E-state index >= 15 is 0 Å². The summed E-state index contributed by atoms with van der Waals surface area (Å²) in [5.74, 6) is 0.937. The molecular formula is C16H23N3O. The van der Waals surface area contributed by atoms with Crippen molar-refractivity contribution in [3.63, 3.8) is 0 Å². The van der Waals surface area contributed by atoms with Crippen LogP contribution in [0.5, 0.6) is 5.75 Å². The molecule has 108 valence electrons. The maximum atomic E-state index is 5.65. The Hall–Kier alpha value is -1.81. The average molecular weight is 273 g/mol. The summed E-state index contributed by atoms with van der Waals surface area (Å²) in [7, 11) is 1.99. The number of para-hydroxylation sites is 1. The summed E-state index contributed by atoms with van der Waals surface area (Å²) >= 11 is 0. The lowest BCUT2D eigenvalue weighted by molar-refractivity contribution is 0.308. The lowest BCUT2D eigenvalue weighted by atomic mass is 10.2. The summed E-state index contributed by atoms with van der Waals surface area (Å²) in [6, 6.07) is 9.93. The Morgan fingerprint density at radius 1 is 1.20 bits per heavy atom. The predicted molar refractivity (Wildman–Crippen MR) is 80.9 cm³/mol. The van der Waals surface area contributed by atoms with Crippen LogP contribution in [0.25, 0.3) is 0 Å². The molecule has 0 aliphatic heterocycles. The quantitative estimate of drug-likeness (QED) is 0.788. The number of nitrogens with zero attached hydrogens (tertiary/aromatic N) is 2. The summed E-state index contributed by atoms with van der Waals surface area (Å²) in [5, 5.41) is 7.87. The Kier molecular flexibility index (Phi) is 5.18. The van der Waals surface area contributed by atoms with E-state index in [-0.39, 0.29) is 0 Å². The maximum absolute atomic E-state index is 5.65. The Bertz CT molecular complexity index is 534. The number of hydrogen-bond donors (Lipinski definition) is 1. The topological polar surface area (TPSA) is 39.1 Å². The summed E-state index contributed by atoms with van der Waals surface area (Å²) < 4.78 is 7.59. The van der Waals surface area contributed by atoms with Crippen LogP contribution in [-0.4, -0.2) is 22.9 Å². The monoisotopic (exact) mass is 273 g/mol. The van der Waals surface area contributed by atoms with Gasteiger partial charge in [0.15, 0.2) is 0 Å². The van der Waals surface area contributed by atoms with Crippen LogP contribution >= 0.6 is 0 Å². The number of nitrogens with one attached hydrogen (secondary N) is 1. The van der Waals surface area contributed by atoms with E-state index in [1.807, 2.05) is 42.1 Å². The Morgan fingerprint density at radius 2 is 1.95 bits per heavy atom. The van der Waals surface area contributed by atoms with Gasteiger partial charge in [-0.05, 0) is 38.9 Å². The summed E-state index contributed by atoms with van der Waals surface area (Å²) in [4.78, 5) is 0. The Balaban J connectivity index is 1.64. The fraction of sp³-hybridized carbons (Fsp3) is 0.438. The van der Waals surface area contributed by atoms with Gasteiger partial charge in [-0.25, -0.2) is 0 Å².